The predicted octanol–water partition coefficient (Wildman–Crippen LogP) is 1.39. The largest absolute Gasteiger partial charge is 0.343 e. The van der Waals surface area contributed by atoms with Crippen LogP contribution in [0.25, 0.3) is 0 Å². The van der Waals surface area contributed by atoms with Gasteiger partial charge in [-0.25, -0.2) is 4.98 Å². The Kier molecular flexibility index (Phi) is 4.96. The first-order valence-electron chi connectivity index (χ1n) is 7.19. The third-order valence-corrected chi connectivity index (χ3v) is 3.76. The van der Waals surface area contributed by atoms with E-state index < -0.39 is 0 Å². The third kappa shape index (κ3) is 3.80. The smallest absolute Gasteiger partial charge is 0.219 e. The van der Waals surface area contributed by atoms with Gasteiger partial charge in [0.1, 0.15) is 5.82 Å². The number of hydrogen-bond acceptors (Lipinski definition) is 3. The van der Waals surface area contributed by atoms with E-state index >= 15 is 0 Å². The van der Waals surface area contributed by atoms with Crippen LogP contribution in [0.1, 0.15) is 38.9 Å². The van der Waals surface area contributed by atoms with Crippen LogP contribution < -0.4 is 5.32 Å². The van der Waals surface area contributed by atoms with Gasteiger partial charge in [-0.1, -0.05) is 6.92 Å². The van der Waals surface area contributed by atoms with Gasteiger partial charge < -0.3 is 14.8 Å². The molecule has 0 spiro atoms. The highest BCUT2D eigenvalue weighted by molar-refractivity contribution is 5.73. The van der Waals surface area contributed by atoms with Gasteiger partial charge in [-0.05, 0) is 19.3 Å². The molecule has 19 heavy (non-hydrogen) atoms. The summed E-state index contributed by atoms with van der Waals surface area (Å²) < 4.78 is 2.21. The van der Waals surface area contributed by atoms with Gasteiger partial charge in [0.2, 0.25) is 5.91 Å². The number of carbonyl (C=O) groups is 1. The second-order valence-corrected chi connectivity index (χ2v) is 5.20. The first kappa shape index (κ1) is 14.1. The van der Waals surface area contributed by atoms with Gasteiger partial charge >= 0.3 is 0 Å². The van der Waals surface area contributed by atoms with Gasteiger partial charge in [0.15, 0.2) is 0 Å². The number of imidazole rings is 1. The van der Waals surface area contributed by atoms with Crippen LogP contribution in [0.2, 0.25) is 0 Å². The van der Waals surface area contributed by atoms with Crippen molar-refractivity contribution in [2.45, 2.75) is 52.2 Å². The lowest BCUT2D eigenvalue weighted by molar-refractivity contribution is -0.129. The van der Waals surface area contributed by atoms with E-state index in [1.165, 1.54) is 0 Å². The number of aromatic nitrogens is 2. The highest BCUT2D eigenvalue weighted by Crippen LogP contribution is 2.11. The first-order valence-corrected chi connectivity index (χ1v) is 7.19. The Hall–Kier alpha value is -1.36. The summed E-state index contributed by atoms with van der Waals surface area (Å²) in [6, 6.07) is 0.502. The lowest BCUT2D eigenvalue weighted by Gasteiger charge is -2.31. The number of carbonyl (C=O) groups excluding carboxylic acids is 1. The summed E-state index contributed by atoms with van der Waals surface area (Å²) >= 11 is 0. The fourth-order valence-corrected chi connectivity index (χ4v) is 2.59. The molecule has 0 aliphatic carbocycles. The van der Waals surface area contributed by atoms with Gasteiger partial charge in [0, 0.05) is 45.0 Å². The molecule has 0 radical (unpaired) electrons. The van der Waals surface area contributed by atoms with Crippen LogP contribution in [-0.2, 0) is 17.9 Å². The minimum atomic E-state index is 0.192. The van der Waals surface area contributed by atoms with Crippen molar-refractivity contribution in [2.75, 3.05) is 13.1 Å². The highest BCUT2D eigenvalue weighted by Gasteiger charge is 2.20. The van der Waals surface area contributed by atoms with Gasteiger partial charge in [-0.2, -0.15) is 0 Å². The molecule has 1 aromatic heterocycles. The van der Waals surface area contributed by atoms with Crippen molar-refractivity contribution in [1.29, 1.82) is 0 Å². The third-order valence-electron chi connectivity index (χ3n) is 3.76. The predicted molar refractivity (Wildman–Crippen MR) is 74.6 cm³/mol. The molecular weight excluding hydrogens is 240 g/mol. The molecule has 0 unspecified atom stereocenters. The number of amides is 1. The molecule has 0 aromatic carbocycles. The van der Waals surface area contributed by atoms with Crippen molar-refractivity contribution in [2.24, 2.45) is 0 Å². The fourth-order valence-electron chi connectivity index (χ4n) is 2.59. The van der Waals surface area contributed by atoms with Crippen molar-refractivity contribution in [3.63, 3.8) is 0 Å². The Morgan fingerprint density at radius 3 is 2.84 bits per heavy atom. The Balaban J connectivity index is 1.77. The van der Waals surface area contributed by atoms with Crippen molar-refractivity contribution in [3.8, 4) is 0 Å². The molecule has 2 heterocycles. The van der Waals surface area contributed by atoms with Crippen molar-refractivity contribution < 1.29 is 4.79 Å². The number of nitrogens with one attached hydrogen (secondary N) is 1. The average molecular weight is 264 g/mol. The number of hydrogen-bond donors (Lipinski definition) is 1. The van der Waals surface area contributed by atoms with Crippen LogP contribution in [0.15, 0.2) is 12.4 Å². The molecule has 1 aliphatic rings. The Bertz CT molecular complexity index is 407. The molecule has 1 aliphatic heterocycles. The lowest BCUT2D eigenvalue weighted by atomic mass is 10.1. The fraction of sp³-hybridized carbons (Fsp3) is 0.714. The van der Waals surface area contributed by atoms with E-state index in [9.17, 15) is 4.79 Å². The zero-order chi connectivity index (χ0) is 13.7. The molecule has 1 aromatic rings. The maximum Gasteiger partial charge on any atom is 0.219 e. The zero-order valence-electron chi connectivity index (χ0n) is 11.9. The minimum Gasteiger partial charge on any atom is -0.343 e. The van der Waals surface area contributed by atoms with Crippen LogP contribution in [0.3, 0.4) is 0 Å². The summed E-state index contributed by atoms with van der Waals surface area (Å²) in [7, 11) is 0. The van der Waals surface area contributed by atoms with E-state index in [0.29, 0.717) is 6.04 Å². The molecule has 1 fully saturated rings. The summed E-state index contributed by atoms with van der Waals surface area (Å²) in [4.78, 5) is 17.6. The summed E-state index contributed by atoms with van der Waals surface area (Å²) in [5, 5.41) is 3.56. The SMILES string of the molecule is CCCn1ccnc1CNC1CCN(C(C)=O)CC1. The standard InChI is InChI=1S/C14H24N4O/c1-3-7-18-10-6-15-14(18)11-16-13-4-8-17(9-5-13)12(2)19/h6,10,13,16H,3-5,7-9,11H2,1-2H3. The van der Waals surface area contributed by atoms with E-state index in [0.717, 1.165) is 51.3 Å². The summed E-state index contributed by atoms with van der Waals surface area (Å²) in [6.07, 6.45) is 7.10. The minimum absolute atomic E-state index is 0.192. The second kappa shape index (κ2) is 6.70. The molecule has 1 amide bonds. The summed E-state index contributed by atoms with van der Waals surface area (Å²) in [6.45, 7) is 7.41. The van der Waals surface area contributed by atoms with Crippen molar-refractivity contribution in [1.82, 2.24) is 19.8 Å². The normalized spacial score (nSPS) is 16.8. The van der Waals surface area contributed by atoms with Crippen molar-refractivity contribution >= 4 is 5.91 Å². The maximum atomic E-state index is 11.3. The monoisotopic (exact) mass is 264 g/mol. The van der Waals surface area contributed by atoms with Crippen LogP contribution >= 0.6 is 0 Å². The van der Waals surface area contributed by atoms with E-state index in [-0.39, 0.29) is 5.91 Å². The van der Waals surface area contributed by atoms with E-state index in [1.807, 2.05) is 17.3 Å². The number of rotatable bonds is 5. The second-order valence-electron chi connectivity index (χ2n) is 5.20. The highest BCUT2D eigenvalue weighted by atomic mass is 16.2. The van der Waals surface area contributed by atoms with Gasteiger partial charge in [-0.15, -0.1) is 0 Å². The Morgan fingerprint density at radius 1 is 1.47 bits per heavy atom. The zero-order valence-corrected chi connectivity index (χ0v) is 11.9. The molecule has 1 N–H and O–H groups in total. The van der Waals surface area contributed by atoms with Gasteiger partial charge in [-0.3, -0.25) is 4.79 Å². The quantitative estimate of drug-likeness (QED) is 0.874. The molecule has 106 valence electrons. The number of piperidine rings is 1. The van der Waals surface area contributed by atoms with E-state index in [2.05, 4.69) is 21.8 Å². The molecule has 0 atom stereocenters. The Labute approximate surface area is 115 Å². The number of nitrogens with zero attached hydrogens (tertiary/aromatic N) is 3. The van der Waals surface area contributed by atoms with Crippen LogP contribution in [0.5, 0.6) is 0 Å². The number of aryl methyl sites for hydroxylation is 1. The van der Waals surface area contributed by atoms with E-state index in [4.69, 9.17) is 0 Å². The van der Waals surface area contributed by atoms with Gasteiger partial charge in [0.25, 0.3) is 0 Å². The molecule has 2 rings (SSSR count). The summed E-state index contributed by atoms with van der Waals surface area (Å²) in [5.41, 5.74) is 0. The van der Waals surface area contributed by atoms with Crippen LogP contribution in [0.4, 0.5) is 0 Å². The molecular formula is C14H24N4O. The molecule has 0 saturated carbocycles. The maximum absolute atomic E-state index is 11.3. The molecule has 5 nitrogen and oxygen atoms in total. The molecule has 0 bridgehead atoms. The summed E-state index contributed by atoms with van der Waals surface area (Å²) in [5.74, 6) is 1.30. The molecule has 5 heteroatoms. The lowest BCUT2D eigenvalue weighted by Crippen LogP contribution is -2.44. The average Bonchev–Trinajstić information content (AvgIpc) is 2.85. The van der Waals surface area contributed by atoms with Crippen LogP contribution in [-0.4, -0.2) is 39.5 Å². The molecule has 1 saturated heterocycles. The van der Waals surface area contributed by atoms with Crippen molar-refractivity contribution in [3.05, 3.63) is 18.2 Å². The van der Waals surface area contributed by atoms with Gasteiger partial charge in [0.05, 0.1) is 6.54 Å². The Morgan fingerprint density at radius 2 is 2.21 bits per heavy atom. The topological polar surface area (TPSA) is 50.2 Å². The van der Waals surface area contributed by atoms with Crippen LogP contribution in [0, 0.1) is 0 Å². The van der Waals surface area contributed by atoms with E-state index in [1.54, 1.807) is 6.92 Å². The number of likely N-dealkylation sites (tertiary alicyclic amines) is 1. The first-order chi connectivity index (χ1) is 9.20.